The van der Waals surface area contributed by atoms with E-state index in [4.69, 9.17) is 44.3 Å². The molecule has 1 aliphatic heterocycles. The first-order valence-corrected chi connectivity index (χ1v) is 13.6. The van der Waals surface area contributed by atoms with E-state index >= 15 is 0 Å². The van der Waals surface area contributed by atoms with Gasteiger partial charge in [-0.15, -0.1) is 0 Å². The van der Waals surface area contributed by atoms with Crippen LogP contribution < -0.4 is 14.8 Å². The number of nitrogens with one attached hydrogen (secondary N) is 1. The Hall–Kier alpha value is -2.69. The molecule has 0 aromatic heterocycles. The minimum Gasteiger partial charge on any atom is -0.493 e. The molecule has 3 aromatic carbocycles. The summed E-state index contributed by atoms with van der Waals surface area (Å²) >= 11 is 22.6. The number of thioether (sulfide) groups is 1. The molecule has 1 N–H and O–H groups in total. The first kappa shape index (κ1) is 28.3. The number of nitrogens with zero attached hydrogens (tertiary/aromatic N) is 1. The van der Waals surface area contributed by atoms with Gasteiger partial charge in [0.15, 0.2) is 18.1 Å². The highest BCUT2D eigenvalue weighted by Gasteiger charge is 2.35. The lowest BCUT2D eigenvalue weighted by molar-refractivity contribution is -0.123. The Labute approximate surface area is 246 Å². The highest BCUT2D eigenvalue weighted by atomic mass is 79.9. The summed E-state index contributed by atoms with van der Waals surface area (Å²) in [6.07, 6.45) is 1.58. The third-order valence-electron chi connectivity index (χ3n) is 5.30. The van der Waals surface area contributed by atoms with Gasteiger partial charge in [-0.25, -0.2) is 0 Å². The Morgan fingerprint density at radius 1 is 1.03 bits per heavy atom. The highest BCUT2D eigenvalue weighted by molar-refractivity contribution is 9.10. The van der Waals surface area contributed by atoms with E-state index in [-0.39, 0.29) is 24.0 Å². The van der Waals surface area contributed by atoms with E-state index in [2.05, 4.69) is 21.2 Å². The number of imide groups is 1. The van der Waals surface area contributed by atoms with Gasteiger partial charge in [0.2, 0.25) is 0 Å². The zero-order chi connectivity index (χ0) is 27.4. The van der Waals surface area contributed by atoms with E-state index in [9.17, 15) is 14.4 Å². The van der Waals surface area contributed by atoms with E-state index in [0.717, 1.165) is 16.7 Å². The average molecular weight is 657 g/mol. The van der Waals surface area contributed by atoms with Gasteiger partial charge in [-0.3, -0.25) is 19.3 Å². The number of rotatable bonds is 8. The van der Waals surface area contributed by atoms with Crippen molar-refractivity contribution in [3.05, 3.63) is 90.2 Å². The lowest BCUT2D eigenvalue weighted by atomic mass is 10.1. The minimum atomic E-state index is -0.458. The quantitative estimate of drug-likeness (QED) is 0.251. The van der Waals surface area contributed by atoms with E-state index in [1.165, 1.54) is 7.11 Å². The molecule has 3 amide bonds. The number of halogens is 4. The molecule has 0 radical (unpaired) electrons. The van der Waals surface area contributed by atoms with E-state index in [0.29, 0.717) is 47.9 Å². The van der Waals surface area contributed by atoms with Crippen LogP contribution >= 0.6 is 62.5 Å². The largest absolute Gasteiger partial charge is 0.493 e. The van der Waals surface area contributed by atoms with Crippen LogP contribution in [0.2, 0.25) is 15.1 Å². The first-order valence-electron chi connectivity index (χ1n) is 10.9. The molecule has 1 saturated heterocycles. The summed E-state index contributed by atoms with van der Waals surface area (Å²) in [4.78, 5) is 39.2. The fourth-order valence-corrected chi connectivity index (χ4v) is 5.22. The standard InChI is InChI=1S/C26H18BrCl3N2O5S/c1-36-22-9-14(5-8-21(22)37-13-24(33)31-15-6-7-17(27)20(30)11-15)10-23-25(34)32(26(35)38-23)12-16-18(28)3-2-4-19(16)29/h2-11H,12-13H2,1H3,(H,31,33)/b23-10-. The summed E-state index contributed by atoms with van der Waals surface area (Å²) in [7, 11) is 1.46. The van der Waals surface area contributed by atoms with Crippen LogP contribution in [0.1, 0.15) is 11.1 Å². The van der Waals surface area contributed by atoms with Gasteiger partial charge < -0.3 is 14.8 Å². The van der Waals surface area contributed by atoms with Gasteiger partial charge in [0.05, 0.1) is 23.6 Å². The number of ether oxygens (including phenoxy) is 2. The normalized spacial score (nSPS) is 14.2. The van der Waals surface area contributed by atoms with Crippen molar-refractivity contribution >= 4 is 91.3 Å². The summed E-state index contributed by atoms with van der Waals surface area (Å²) in [6, 6.07) is 15.0. The summed E-state index contributed by atoms with van der Waals surface area (Å²) in [5, 5.41) is 3.48. The monoisotopic (exact) mass is 654 g/mol. The van der Waals surface area contributed by atoms with Crippen LogP contribution in [-0.2, 0) is 16.1 Å². The molecule has 0 atom stereocenters. The minimum absolute atomic E-state index is 0.0366. The molecule has 0 spiro atoms. The second kappa shape index (κ2) is 12.4. The number of hydrogen-bond acceptors (Lipinski definition) is 6. The van der Waals surface area contributed by atoms with Crippen LogP contribution in [0.25, 0.3) is 6.08 Å². The molecule has 1 heterocycles. The number of carbonyl (C=O) groups is 3. The van der Waals surface area contributed by atoms with Gasteiger partial charge in [0.25, 0.3) is 17.1 Å². The SMILES string of the molecule is COc1cc(/C=C2\SC(=O)N(Cc3c(Cl)cccc3Cl)C2=O)ccc1OCC(=O)Nc1ccc(Br)c(Cl)c1. The fourth-order valence-electron chi connectivity index (χ4n) is 3.44. The van der Waals surface area contributed by atoms with Crippen molar-refractivity contribution in [3.8, 4) is 11.5 Å². The van der Waals surface area contributed by atoms with Crippen molar-refractivity contribution in [2.24, 2.45) is 0 Å². The van der Waals surface area contributed by atoms with Crippen molar-refractivity contribution in [1.82, 2.24) is 4.90 Å². The van der Waals surface area contributed by atoms with Crippen LogP contribution in [0.15, 0.2) is 64.0 Å². The lowest BCUT2D eigenvalue weighted by Crippen LogP contribution is -2.27. The predicted octanol–water partition coefficient (Wildman–Crippen LogP) is 7.67. The average Bonchev–Trinajstić information content (AvgIpc) is 3.14. The molecule has 1 fully saturated rings. The third-order valence-corrected chi connectivity index (χ3v) is 8.15. The van der Waals surface area contributed by atoms with Crippen molar-refractivity contribution in [2.75, 3.05) is 19.0 Å². The Balaban J connectivity index is 1.43. The van der Waals surface area contributed by atoms with Crippen molar-refractivity contribution in [1.29, 1.82) is 0 Å². The molecular weight excluding hydrogens is 639 g/mol. The number of carbonyl (C=O) groups excluding carboxylic acids is 3. The second-order valence-electron chi connectivity index (χ2n) is 7.84. The predicted molar refractivity (Wildman–Crippen MR) is 154 cm³/mol. The summed E-state index contributed by atoms with van der Waals surface area (Å²) < 4.78 is 11.7. The molecule has 0 aliphatic carbocycles. The number of benzene rings is 3. The van der Waals surface area contributed by atoms with Gasteiger partial charge in [-0.2, -0.15) is 0 Å². The van der Waals surface area contributed by atoms with Gasteiger partial charge in [-0.05, 0) is 81.8 Å². The highest BCUT2D eigenvalue weighted by Crippen LogP contribution is 2.37. The summed E-state index contributed by atoms with van der Waals surface area (Å²) in [6.45, 7) is -0.308. The maximum absolute atomic E-state index is 13.0. The van der Waals surface area contributed by atoms with Crippen molar-refractivity contribution in [3.63, 3.8) is 0 Å². The Morgan fingerprint density at radius 3 is 2.45 bits per heavy atom. The first-order chi connectivity index (χ1) is 18.2. The molecule has 38 heavy (non-hydrogen) atoms. The topological polar surface area (TPSA) is 84.9 Å². The zero-order valence-electron chi connectivity index (χ0n) is 19.6. The van der Waals surface area contributed by atoms with Crippen LogP contribution in [0.5, 0.6) is 11.5 Å². The zero-order valence-corrected chi connectivity index (χ0v) is 24.3. The van der Waals surface area contributed by atoms with Gasteiger partial charge in [-0.1, -0.05) is 46.9 Å². The van der Waals surface area contributed by atoms with Gasteiger partial charge in [0.1, 0.15) is 0 Å². The summed E-state index contributed by atoms with van der Waals surface area (Å²) in [5.41, 5.74) is 1.62. The molecule has 4 rings (SSSR count). The van der Waals surface area contributed by atoms with Crippen LogP contribution in [0.4, 0.5) is 10.5 Å². The van der Waals surface area contributed by atoms with Gasteiger partial charge >= 0.3 is 0 Å². The molecule has 7 nitrogen and oxygen atoms in total. The second-order valence-corrected chi connectivity index (χ2v) is 10.9. The summed E-state index contributed by atoms with van der Waals surface area (Å²) in [5.74, 6) is -0.169. The van der Waals surface area contributed by atoms with Crippen molar-refractivity contribution < 1.29 is 23.9 Å². The Bertz CT molecular complexity index is 1450. The number of methoxy groups -OCH3 is 1. The molecule has 3 aromatic rings. The Morgan fingerprint density at radius 2 is 1.76 bits per heavy atom. The molecule has 12 heteroatoms. The third kappa shape index (κ3) is 6.65. The van der Waals surface area contributed by atoms with Crippen molar-refractivity contribution in [2.45, 2.75) is 6.54 Å². The van der Waals surface area contributed by atoms with Crippen LogP contribution in [0, 0.1) is 0 Å². The molecule has 0 bridgehead atoms. The molecule has 196 valence electrons. The Kier molecular flexibility index (Phi) is 9.27. The molecule has 1 aliphatic rings. The number of anilines is 1. The lowest BCUT2D eigenvalue weighted by Gasteiger charge is -2.14. The maximum atomic E-state index is 13.0. The maximum Gasteiger partial charge on any atom is 0.293 e. The van der Waals surface area contributed by atoms with Crippen LogP contribution in [-0.4, -0.2) is 35.7 Å². The number of amides is 3. The molecule has 0 saturated carbocycles. The number of hydrogen-bond donors (Lipinski definition) is 1. The molecule has 0 unspecified atom stereocenters. The van der Waals surface area contributed by atoms with Crippen LogP contribution in [0.3, 0.4) is 0 Å². The van der Waals surface area contributed by atoms with E-state index in [1.807, 2.05) is 0 Å². The fraction of sp³-hybridized carbons (Fsp3) is 0.115. The smallest absolute Gasteiger partial charge is 0.293 e. The van der Waals surface area contributed by atoms with E-state index in [1.54, 1.807) is 60.7 Å². The van der Waals surface area contributed by atoms with E-state index < -0.39 is 11.1 Å². The molecular formula is C26H18BrCl3N2O5S. The van der Waals surface area contributed by atoms with Gasteiger partial charge in [0, 0.05) is 25.8 Å².